The van der Waals surface area contributed by atoms with Gasteiger partial charge in [-0.2, -0.15) is 0 Å². The van der Waals surface area contributed by atoms with Crippen LogP contribution in [0.4, 0.5) is 0 Å². The van der Waals surface area contributed by atoms with E-state index in [1.54, 1.807) is 0 Å². The van der Waals surface area contributed by atoms with Crippen LogP contribution in [0.1, 0.15) is 182 Å². The Bertz CT molecular complexity index is 1160. The van der Waals surface area contributed by atoms with Gasteiger partial charge in [0.05, 0.1) is 6.61 Å². The van der Waals surface area contributed by atoms with Gasteiger partial charge in [-0.1, -0.05) is 90.9 Å². The summed E-state index contributed by atoms with van der Waals surface area (Å²) in [5, 5.41) is 9.61. The van der Waals surface area contributed by atoms with E-state index in [9.17, 15) is 14.7 Å². The highest BCUT2D eigenvalue weighted by Gasteiger charge is 2.16. The Morgan fingerprint density at radius 2 is 1.08 bits per heavy atom. The molecule has 0 aromatic carbocycles. The summed E-state index contributed by atoms with van der Waals surface area (Å²) in [5.41, 5.74) is 3.93. The van der Waals surface area contributed by atoms with Crippen LogP contribution >= 0.6 is 0 Å². The molecule has 0 aliphatic rings. The first-order valence-corrected chi connectivity index (χ1v) is 19.9. The number of aliphatic hydroxyl groups excluding tert-OH is 1. The summed E-state index contributed by atoms with van der Waals surface area (Å²) in [5.74, 6) is 3.94. The fourth-order valence-electron chi connectivity index (χ4n) is 6.39. The molecule has 0 unspecified atom stereocenters. The fraction of sp³-hybridized carbons (Fsp3) is 0.762. The molecule has 1 atom stereocenters. The molecule has 7 heteroatoms. The highest BCUT2D eigenvalue weighted by molar-refractivity contribution is 5.70. The van der Waals surface area contributed by atoms with E-state index in [0.717, 1.165) is 120 Å². The zero-order chi connectivity index (χ0) is 35.7. The van der Waals surface area contributed by atoms with E-state index in [2.05, 4.69) is 40.7 Å². The van der Waals surface area contributed by atoms with Gasteiger partial charge >= 0.3 is 11.9 Å². The standard InChI is InChI=1S/C42H70O7/c1-6-8-18-24-36-30-33(3)38(47-36)25-20-14-10-13-17-23-29-42(45)48-37(31-43)32-46-41(44)28-22-16-12-11-15-21-27-40-35(5)34(4)39(49-40)26-19-9-7-2/h30,37,43H,6-29,31-32H2,1-5H3/t37-/m0/s1. The maximum Gasteiger partial charge on any atom is 0.306 e. The largest absolute Gasteiger partial charge is 0.466 e. The number of aliphatic hydroxyl groups is 1. The number of furan rings is 2. The summed E-state index contributed by atoms with van der Waals surface area (Å²) < 4.78 is 22.9. The third kappa shape index (κ3) is 18.3. The zero-order valence-electron chi connectivity index (χ0n) is 31.9. The van der Waals surface area contributed by atoms with Gasteiger partial charge in [0.15, 0.2) is 6.10 Å². The summed E-state index contributed by atoms with van der Waals surface area (Å²) >= 11 is 0. The van der Waals surface area contributed by atoms with Crippen LogP contribution in [0.2, 0.25) is 0 Å². The summed E-state index contributed by atoms with van der Waals surface area (Å²) in [6.45, 7) is 10.5. The Balaban J connectivity index is 1.44. The third-order valence-corrected chi connectivity index (χ3v) is 9.75. The van der Waals surface area contributed by atoms with Crippen LogP contribution < -0.4 is 0 Å². The van der Waals surface area contributed by atoms with Crippen molar-refractivity contribution in [3.8, 4) is 0 Å². The molecule has 0 aliphatic heterocycles. The average Bonchev–Trinajstić information content (AvgIpc) is 3.58. The number of unbranched alkanes of at least 4 members (excludes halogenated alkanes) is 14. The lowest BCUT2D eigenvalue weighted by molar-refractivity contribution is -0.161. The first kappa shape index (κ1) is 42.6. The van der Waals surface area contributed by atoms with Crippen molar-refractivity contribution in [2.75, 3.05) is 13.2 Å². The molecule has 0 spiro atoms. The van der Waals surface area contributed by atoms with Crippen LogP contribution in [-0.4, -0.2) is 36.4 Å². The van der Waals surface area contributed by atoms with Crippen LogP contribution in [0.25, 0.3) is 0 Å². The van der Waals surface area contributed by atoms with Crippen LogP contribution in [0.5, 0.6) is 0 Å². The molecule has 0 aliphatic carbocycles. The second-order valence-corrected chi connectivity index (χ2v) is 14.2. The first-order valence-electron chi connectivity index (χ1n) is 19.9. The van der Waals surface area contributed by atoms with Gasteiger partial charge in [-0.15, -0.1) is 0 Å². The fourth-order valence-corrected chi connectivity index (χ4v) is 6.39. The minimum absolute atomic E-state index is 0.0948. The van der Waals surface area contributed by atoms with E-state index in [1.165, 1.54) is 61.0 Å². The molecule has 2 aromatic heterocycles. The van der Waals surface area contributed by atoms with E-state index < -0.39 is 6.10 Å². The molecule has 2 rings (SSSR count). The van der Waals surface area contributed by atoms with E-state index in [-0.39, 0.29) is 25.2 Å². The molecule has 2 heterocycles. The third-order valence-electron chi connectivity index (χ3n) is 9.75. The minimum Gasteiger partial charge on any atom is -0.466 e. The van der Waals surface area contributed by atoms with Gasteiger partial charge < -0.3 is 23.4 Å². The summed E-state index contributed by atoms with van der Waals surface area (Å²) in [4.78, 5) is 24.4. The van der Waals surface area contributed by atoms with Crippen molar-refractivity contribution in [3.63, 3.8) is 0 Å². The normalized spacial score (nSPS) is 12.0. The van der Waals surface area contributed by atoms with E-state index in [4.69, 9.17) is 18.3 Å². The van der Waals surface area contributed by atoms with Crippen molar-refractivity contribution in [1.82, 2.24) is 0 Å². The molecule has 2 aromatic rings. The second-order valence-electron chi connectivity index (χ2n) is 14.2. The number of esters is 2. The zero-order valence-corrected chi connectivity index (χ0v) is 31.9. The summed E-state index contributed by atoms with van der Waals surface area (Å²) in [7, 11) is 0. The molecule has 1 N–H and O–H groups in total. The molecular weight excluding hydrogens is 616 g/mol. The highest BCUT2D eigenvalue weighted by Crippen LogP contribution is 2.25. The Kier molecular flexibility index (Phi) is 22.9. The number of carbonyl (C=O) groups excluding carboxylic acids is 2. The van der Waals surface area contributed by atoms with Crippen molar-refractivity contribution in [2.45, 2.75) is 195 Å². The van der Waals surface area contributed by atoms with Gasteiger partial charge in [-0.3, -0.25) is 9.59 Å². The Morgan fingerprint density at radius 3 is 1.63 bits per heavy atom. The Morgan fingerprint density at radius 1 is 0.612 bits per heavy atom. The Hall–Kier alpha value is -2.54. The second kappa shape index (κ2) is 26.3. The number of carbonyl (C=O) groups is 2. The minimum atomic E-state index is -0.803. The smallest absolute Gasteiger partial charge is 0.306 e. The Labute approximate surface area is 298 Å². The lowest BCUT2D eigenvalue weighted by Crippen LogP contribution is -2.28. The lowest BCUT2D eigenvalue weighted by atomic mass is 10.0. The number of rotatable bonds is 30. The van der Waals surface area contributed by atoms with Crippen molar-refractivity contribution >= 4 is 11.9 Å². The molecule has 0 fully saturated rings. The number of hydrogen-bond acceptors (Lipinski definition) is 7. The molecule has 49 heavy (non-hydrogen) atoms. The van der Waals surface area contributed by atoms with Crippen molar-refractivity contribution in [1.29, 1.82) is 0 Å². The van der Waals surface area contributed by atoms with Crippen LogP contribution in [-0.2, 0) is 44.7 Å². The van der Waals surface area contributed by atoms with Gasteiger partial charge in [0, 0.05) is 38.5 Å². The van der Waals surface area contributed by atoms with E-state index in [0.29, 0.717) is 12.8 Å². The van der Waals surface area contributed by atoms with Gasteiger partial charge in [0.1, 0.15) is 29.6 Å². The monoisotopic (exact) mass is 687 g/mol. The maximum atomic E-state index is 12.3. The van der Waals surface area contributed by atoms with Crippen molar-refractivity contribution in [3.05, 3.63) is 45.8 Å². The molecule has 0 radical (unpaired) electrons. The average molecular weight is 687 g/mol. The number of aryl methyl sites for hydroxylation is 5. The molecule has 0 saturated heterocycles. The van der Waals surface area contributed by atoms with E-state index in [1.807, 2.05) is 0 Å². The van der Waals surface area contributed by atoms with Crippen LogP contribution in [0, 0.1) is 20.8 Å². The predicted molar refractivity (Wildman–Crippen MR) is 198 cm³/mol. The molecule has 0 saturated carbocycles. The lowest BCUT2D eigenvalue weighted by Gasteiger charge is -2.15. The molecule has 0 amide bonds. The number of ether oxygens (including phenoxy) is 2. The van der Waals surface area contributed by atoms with Crippen molar-refractivity contribution in [2.24, 2.45) is 0 Å². The van der Waals surface area contributed by atoms with Crippen molar-refractivity contribution < 1.29 is 33.0 Å². The topological polar surface area (TPSA) is 99.1 Å². The van der Waals surface area contributed by atoms with Crippen LogP contribution in [0.3, 0.4) is 0 Å². The predicted octanol–water partition coefficient (Wildman–Crippen LogP) is 11.0. The van der Waals surface area contributed by atoms with Gasteiger partial charge in [0.25, 0.3) is 0 Å². The molecular formula is C42H70O7. The first-order chi connectivity index (χ1) is 23.8. The summed E-state index contributed by atoms with van der Waals surface area (Å²) in [6, 6.07) is 2.20. The maximum absolute atomic E-state index is 12.3. The number of hydrogen-bond donors (Lipinski definition) is 1. The quantitative estimate of drug-likeness (QED) is 0.0645. The SMILES string of the molecule is CCCCCc1cc(C)c(CCCCCCCCC(=O)O[C@@H](CO)COC(=O)CCCCCCCCc2oc(CCCCC)c(C)c2C)o1. The van der Waals surface area contributed by atoms with E-state index >= 15 is 0 Å². The van der Waals surface area contributed by atoms with Gasteiger partial charge in [-0.05, 0) is 82.1 Å². The molecule has 280 valence electrons. The summed E-state index contributed by atoms with van der Waals surface area (Å²) in [6.07, 6.45) is 23.8. The highest BCUT2D eigenvalue weighted by atomic mass is 16.6. The molecule has 0 bridgehead atoms. The van der Waals surface area contributed by atoms with Gasteiger partial charge in [0.2, 0.25) is 0 Å². The van der Waals surface area contributed by atoms with Gasteiger partial charge in [-0.25, -0.2) is 0 Å². The molecule has 7 nitrogen and oxygen atoms in total. The van der Waals surface area contributed by atoms with Crippen LogP contribution in [0.15, 0.2) is 14.9 Å².